The van der Waals surface area contributed by atoms with E-state index >= 15 is 0 Å². The zero-order valence-corrected chi connectivity index (χ0v) is 15.4. The normalized spacial score (nSPS) is 19.7. The second-order valence-electron chi connectivity index (χ2n) is 6.94. The number of aromatic nitrogens is 5. The Labute approximate surface area is 160 Å². The molecule has 1 N–H and O–H groups in total. The molecule has 1 aliphatic carbocycles. The van der Waals surface area contributed by atoms with E-state index < -0.39 is 0 Å². The average Bonchev–Trinajstić information content (AvgIpc) is 3.42. The van der Waals surface area contributed by atoms with Gasteiger partial charge in [0.2, 0.25) is 0 Å². The van der Waals surface area contributed by atoms with E-state index in [0.29, 0.717) is 19.4 Å². The lowest BCUT2D eigenvalue weighted by atomic mass is 10.0. The van der Waals surface area contributed by atoms with Crippen LogP contribution < -0.4 is 10.7 Å². The minimum absolute atomic E-state index is 0.205. The number of nitrogens with zero attached hydrogens (tertiary/aromatic N) is 5. The van der Waals surface area contributed by atoms with Gasteiger partial charge in [0.1, 0.15) is 11.6 Å². The van der Waals surface area contributed by atoms with Crippen LogP contribution in [-0.4, -0.2) is 30.5 Å². The molecule has 2 aliphatic rings. The van der Waals surface area contributed by atoms with E-state index in [2.05, 4.69) is 19.6 Å². The highest BCUT2D eigenvalue weighted by atomic mass is 19.1. The smallest absolute Gasteiger partial charge is 0.137 e. The van der Waals surface area contributed by atoms with Gasteiger partial charge in [-0.05, 0) is 41.9 Å². The highest BCUT2D eigenvalue weighted by Crippen LogP contribution is 2.28. The van der Waals surface area contributed by atoms with Gasteiger partial charge in [0.05, 0.1) is 29.3 Å². The molecule has 0 bridgehead atoms. The molecule has 28 heavy (non-hydrogen) atoms. The molecule has 1 aliphatic heterocycles. The predicted octanol–water partition coefficient (Wildman–Crippen LogP) is 2.26. The van der Waals surface area contributed by atoms with Crippen molar-refractivity contribution >= 4 is 23.2 Å². The molecule has 0 unspecified atom stereocenters. The number of hydrogen-bond acceptors (Lipinski definition) is 3. The fourth-order valence-corrected chi connectivity index (χ4v) is 3.75. The maximum absolute atomic E-state index is 13.5. The highest BCUT2D eigenvalue weighted by molar-refractivity contribution is 5.88. The first-order valence-corrected chi connectivity index (χ1v) is 9.19. The molecule has 0 aromatic carbocycles. The third-order valence-corrected chi connectivity index (χ3v) is 5.06. The van der Waals surface area contributed by atoms with E-state index in [-0.39, 0.29) is 5.83 Å². The standard InChI is InChI=1S/C21H19FN6/c1-27-11-8-16(26-27)12-28-13-25-19(14-2-4-15(22)5-3-14)20(28)17-6-9-23-21-18(17)7-10-24-21/h2,4-5,7-11,13,24H,3,6,12H2,1H3. The summed E-state index contributed by atoms with van der Waals surface area (Å²) in [5.41, 5.74) is 4.20. The van der Waals surface area contributed by atoms with E-state index in [0.717, 1.165) is 38.9 Å². The fourth-order valence-electron chi connectivity index (χ4n) is 3.75. The summed E-state index contributed by atoms with van der Waals surface area (Å²) in [4.78, 5) is 12.4. The van der Waals surface area contributed by atoms with Crippen molar-refractivity contribution in [3.8, 4) is 0 Å². The number of imidazole rings is 1. The molecule has 3 aromatic rings. The fraction of sp³-hybridized carbons (Fsp3) is 0.190. The van der Waals surface area contributed by atoms with E-state index in [9.17, 15) is 4.39 Å². The Morgan fingerprint density at radius 1 is 1.21 bits per heavy atom. The molecule has 140 valence electrons. The number of nitrogens with one attached hydrogen (secondary N) is 1. The molecule has 0 amide bonds. The Morgan fingerprint density at radius 2 is 2.14 bits per heavy atom. The topological polar surface area (TPSA) is 63.8 Å². The van der Waals surface area contributed by atoms with Crippen LogP contribution in [-0.2, 0) is 13.6 Å². The molecule has 3 aromatic heterocycles. The van der Waals surface area contributed by atoms with Gasteiger partial charge in [0.25, 0.3) is 0 Å². The highest BCUT2D eigenvalue weighted by Gasteiger charge is 2.17. The van der Waals surface area contributed by atoms with Crippen LogP contribution >= 0.6 is 0 Å². The Bertz CT molecular complexity index is 1260. The van der Waals surface area contributed by atoms with Gasteiger partial charge < -0.3 is 9.55 Å². The zero-order valence-electron chi connectivity index (χ0n) is 15.4. The van der Waals surface area contributed by atoms with Gasteiger partial charge in [0, 0.05) is 37.6 Å². The summed E-state index contributed by atoms with van der Waals surface area (Å²) < 4.78 is 17.4. The summed E-state index contributed by atoms with van der Waals surface area (Å²) in [5.74, 6) is 0.650. The Morgan fingerprint density at radius 3 is 2.93 bits per heavy atom. The van der Waals surface area contributed by atoms with Crippen LogP contribution in [0.4, 0.5) is 10.2 Å². The van der Waals surface area contributed by atoms with Crippen molar-refractivity contribution < 1.29 is 4.39 Å². The predicted molar refractivity (Wildman–Crippen MR) is 106 cm³/mol. The molecule has 0 spiro atoms. The molecule has 6 nitrogen and oxygen atoms in total. The van der Waals surface area contributed by atoms with Gasteiger partial charge in [-0.2, -0.15) is 5.10 Å². The minimum atomic E-state index is -0.205. The second-order valence-corrected chi connectivity index (χ2v) is 6.94. The maximum atomic E-state index is 13.5. The van der Waals surface area contributed by atoms with Crippen molar-refractivity contribution in [1.82, 2.24) is 24.3 Å². The maximum Gasteiger partial charge on any atom is 0.137 e. The molecule has 0 radical (unpaired) electrons. The largest absolute Gasteiger partial charge is 0.346 e. The van der Waals surface area contributed by atoms with E-state index in [1.54, 1.807) is 10.8 Å². The van der Waals surface area contributed by atoms with Crippen LogP contribution in [0.2, 0.25) is 0 Å². The first-order chi connectivity index (χ1) is 13.7. The summed E-state index contributed by atoms with van der Waals surface area (Å²) in [6.45, 7) is 0.616. The molecule has 0 fully saturated rings. The number of aryl methyl sites for hydroxylation is 1. The van der Waals surface area contributed by atoms with Crippen LogP contribution in [0.1, 0.15) is 24.1 Å². The van der Waals surface area contributed by atoms with Crippen molar-refractivity contribution in [2.75, 3.05) is 0 Å². The van der Waals surface area contributed by atoms with Gasteiger partial charge in [-0.15, -0.1) is 0 Å². The van der Waals surface area contributed by atoms with Crippen LogP contribution in [0.5, 0.6) is 0 Å². The van der Waals surface area contributed by atoms with E-state index in [4.69, 9.17) is 4.98 Å². The molecule has 0 saturated heterocycles. The summed E-state index contributed by atoms with van der Waals surface area (Å²) in [6, 6.07) is 4.05. The summed E-state index contributed by atoms with van der Waals surface area (Å²) in [6.07, 6.45) is 13.7. The van der Waals surface area contributed by atoms with Crippen molar-refractivity contribution in [1.29, 1.82) is 0 Å². The summed E-state index contributed by atoms with van der Waals surface area (Å²) >= 11 is 0. The van der Waals surface area contributed by atoms with Gasteiger partial charge in [-0.25, -0.2) is 14.4 Å². The summed E-state index contributed by atoms with van der Waals surface area (Å²) in [5, 5.41) is 6.42. The lowest BCUT2D eigenvalue weighted by Crippen LogP contribution is -2.35. The molecule has 0 saturated carbocycles. The van der Waals surface area contributed by atoms with Crippen LogP contribution in [0.3, 0.4) is 0 Å². The van der Waals surface area contributed by atoms with Gasteiger partial charge >= 0.3 is 0 Å². The van der Waals surface area contributed by atoms with E-state index in [1.807, 2.05) is 50.2 Å². The molecular formula is C21H19FN6. The Balaban J connectivity index is 1.77. The molecule has 4 heterocycles. The number of fused-ring (bicyclic) bond motifs is 1. The number of hydrogen-bond donors (Lipinski definition) is 1. The van der Waals surface area contributed by atoms with Gasteiger partial charge in [0.15, 0.2) is 0 Å². The lowest BCUT2D eigenvalue weighted by molar-refractivity contribution is 0.661. The van der Waals surface area contributed by atoms with Crippen molar-refractivity contribution in [3.63, 3.8) is 0 Å². The zero-order chi connectivity index (χ0) is 19.1. The van der Waals surface area contributed by atoms with Crippen molar-refractivity contribution in [3.05, 3.63) is 76.9 Å². The Hall–Kier alpha value is -3.48. The lowest BCUT2D eigenvalue weighted by Gasteiger charge is -2.11. The Kier molecular flexibility index (Phi) is 3.93. The minimum Gasteiger partial charge on any atom is -0.346 e. The van der Waals surface area contributed by atoms with Gasteiger partial charge in [-0.3, -0.25) is 4.68 Å². The molecule has 5 rings (SSSR count). The average molecular weight is 374 g/mol. The SMILES string of the molecule is Cn1ccc(Cn2cnc(=C3C=CC(F)=CC3)c2=C2CC=Nc3[nH]ccc32)n1. The number of rotatable bonds is 2. The number of aliphatic imine (C=N–C) groups is 1. The third kappa shape index (κ3) is 2.85. The van der Waals surface area contributed by atoms with Crippen LogP contribution in [0.15, 0.2) is 59.9 Å². The monoisotopic (exact) mass is 374 g/mol. The van der Waals surface area contributed by atoms with Gasteiger partial charge in [-0.1, -0.05) is 6.08 Å². The first kappa shape index (κ1) is 16.7. The van der Waals surface area contributed by atoms with Crippen LogP contribution in [0.25, 0.3) is 11.1 Å². The van der Waals surface area contributed by atoms with E-state index in [1.165, 1.54) is 6.08 Å². The number of allylic oxidation sites excluding steroid dienone is 4. The molecule has 0 atom stereocenters. The quantitative estimate of drug-likeness (QED) is 0.748. The second kappa shape index (κ2) is 6.60. The van der Waals surface area contributed by atoms with Crippen molar-refractivity contribution in [2.24, 2.45) is 12.0 Å². The van der Waals surface area contributed by atoms with Crippen LogP contribution in [0, 0.1) is 0 Å². The first-order valence-electron chi connectivity index (χ1n) is 9.19. The third-order valence-electron chi connectivity index (χ3n) is 5.06. The number of halogens is 1. The molecule has 7 heteroatoms. The summed E-state index contributed by atoms with van der Waals surface area (Å²) in [7, 11) is 1.91. The molecular weight excluding hydrogens is 355 g/mol. The number of aromatic amines is 1. The van der Waals surface area contributed by atoms with Crippen molar-refractivity contribution in [2.45, 2.75) is 19.4 Å². The number of H-pyrrole nitrogens is 1.